The normalized spacial score (nSPS) is 17.7. The Labute approximate surface area is 158 Å². The van der Waals surface area contributed by atoms with Crippen molar-refractivity contribution in [1.82, 2.24) is 19.7 Å². The van der Waals surface area contributed by atoms with Gasteiger partial charge in [-0.05, 0) is 37.8 Å². The van der Waals surface area contributed by atoms with Crippen LogP contribution in [0, 0.1) is 0 Å². The molecule has 0 radical (unpaired) electrons. The molecule has 138 valence electrons. The number of carbonyl (C=O) groups is 1. The molecule has 0 spiro atoms. The Hall–Kier alpha value is -2.81. The first-order valence-electron chi connectivity index (χ1n) is 8.96. The molecule has 5 rings (SSSR count). The molecule has 2 saturated carbocycles. The van der Waals surface area contributed by atoms with Crippen LogP contribution in [-0.2, 0) is 10.3 Å². The highest BCUT2D eigenvalue weighted by molar-refractivity contribution is 7.22. The summed E-state index contributed by atoms with van der Waals surface area (Å²) in [4.78, 5) is 34.2. The van der Waals surface area contributed by atoms with Crippen LogP contribution in [0.5, 0.6) is 0 Å². The molecule has 9 heteroatoms. The second kappa shape index (κ2) is 5.85. The van der Waals surface area contributed by atoms with Gasteiger partial charge in [-0.15, -0.1) is 11.3 Å². The molecule has 1 amide bonds. The van der Waals surface area contributed by atoms with E-state index in [1.165, 1.54) is 16.0 Å². The van der Waals surface area contributed by atoms with Gasteiger partial charge >= 0.3 is 0 Å². The standard InChI is InChI=1S/C18H18N6O2S/c1-19-12-9-11-13(10-3-4-10)23-24(15(25)14(11)27-12)18(5-6-18)16(26)22-17-20-7-2-8-21-17/h2,7-10,19H,3-6H2,1H3,(H,20,21,22,26). The van der Waals surface area contributed by atoms with Crippen LogP contribution in [0.2, 0.25) is 0 Å². The molecule has 3 aromatic rings. The molecule has 0 saturated heterocycles. The molecule has 3 heterocycles. The van der Waals surface area contributed by atoms with E-state index in [0.29, 0.717) is 23.5 Å². The van der Waals surface area contributed by atoms with E-state index in [1.807, 2.05) is 13.1 Å². The maximum Gasteiger partial charge on any atom is 0.285 e. The summed E-state index contributed by atoms with van der Waals surface area (Å²) in [7, 11) is 1.84. The van der Waals surface area contributed by atoms with Gasteiger partial charge in [0.1, 0.15) is 10.2 Å². The van der Waals surface area contributed by atoms with Crippen molar-refractivity contribution in [3.63, 3.8) is 0 Å². The fourth-order valence-electron chi connectivity index (χ4n) is 3.35. The third-order valence-corrected chi connectivity index (χ3v) is 6.30. The summed E-state index contributed by atoms with van der Waals surface area (Å²) in [6, 6.07) is 3.67. The molecule has 27 heavy (non-hydrogen) atoms. The molecule has 0 atom stereocenters. The van der Waals surface area contributed by atoms with E-state index in [9.17, 15) is 9.59 Å². The molecule has 8 nitrogen and oxygen atoms in total. The fourth-order valence-corrected chi connectivity index (χ4v) is 4.30. The van der Waals surface area contributed by atoms with Gasteiger partial charge in [0, 0.05) is 30.7 Å². The highest BCUT2D eigenvalue weighted by Gasteiger charge is 2.54. The van der Waals surface area contributed by atoms with Crippen molar-refractivity contribution in [3.05, 3.63) is 40.6 Å². The van der Waals surface area contributed by atoms with Crippen LogP contribution >= 0.6 is 11.3 Å². The number of hydrogen-bond acceptors (Lipinski definition) is 7. The molecule has 2 N–H and O–H groups in total. The van der Waals surface area contributed by atoms with Gasteiger partial charge in [0.2, 0.25) is 5.95 Å². The summed E-state index contributed by atoms with van der Waals surface area (Å²) in [5, 5.41) is 12.4. The van der Waals surface area contributed by atoms with Crippen molar-refractivity contribution in [2.45, 2.75) is 37.1 Å². The van der Waals surface area contributed by atoms with Crippen molar-refractivity contribution in [3.8, 4) is 0 Å². The van der Waals surface area contributed by atoms with Crippen LogP contribution in [0.4, 0.5) is 10.9 Å². The number of carbonyl (C=O) groups excluding carboxylic acids is 1. The van der Waals surface area contributed by atoms with Gasteiger partial charge in [-0.25, -0.2) is 14.6 Å². The minimum Gasteiger partial charge on any atom is -0.380 e. The van der Waals surface area contributed by atoms with E-state index in [-0.39, 0.29) is 17.4 Å². The zero-order chi connectivity index (χ0) is 18.6. The maximum absolute atomic E-state index is 13.2. The zero-order valence-electron chi connectivity index (χ0n) is 14.7. The van der Waals surface area contributed by atoms with E-state index in [0.717, 1.165) is 28.9 Å². The van der Waals surface area contributed by atoms with Crippen LogP contribution in [0.1, 0.15) is 37.3 Å². The monoisotopic (exact) mass is 382 g/mol. The average molecular weight is 382 g/mol. The fraction of sp³-hybridized carbons (Fsp3) is 0.389. The van der Waals surface area contributed by atoms with Gasteiger partial charge < -0.3 is 5.32 Å². The number of fused-ring (bicyclic) bond motifs is 1. The third kappa shape index (κ3) is 2.61. The molecule has 2 fully saturated rings. The molecule has 2 aliphatic rings. The Morgan fingerprint density at radius 2 is 2.04 bits per heavy atom. The summed E-state index contributed by atoms with van der Waals surface area (Å²) < 4.78 is 2.07. The first-order valence-corrected chi connectivity index (χ1v) is 9.77. The number of nitrogens with one attached hydrogen (secondary N) is 2. The largest absolute Gasteiger partial charge is 0.380 e. The van der Waals surface area contributed by atoms with Crippen molar-refractivity contribution in [2.24, 2.45) is 0 Å². The van der Waals surface area contributed by atoms with Gasteiger partial charge in [-0.1, -0.05) is 0 Å². The molecule has 2 aliphatic carbocycles. The first-order chi connectivity index (χ1) is 13.1. The lowest BCUT2D eigenvalue weighted by Crippen LogP contribution is -2.42. The van der Waals surface area contributed by atoms with E-state index >= 15 is 0 Å². The van der Waals surface area contributed by atoms with E-state index in [4.69, 9.17) is 0 Å². The Kier molecular flexibility index (Phi) is 3.55. The SMILES string of the molecule is CNc1cc2c(C3CC3)nn(C3(C(=O)Nc4ncccn4)CC3)c(=O)c2s1. The summed E-state index contributed by atoms with van der Waals surface area (Å²) in [6.07, 6.45) is 6.44. The Balaban J connectivity index is 1.61. The zero-order valence-corrected chi connectivity index (χ0v) is 15.5. The molecule has 0 aromatic carbocycles. The lowest BCUT2D eigenvalue weighted by Gasteiger charge is -2.18. The van der Waals surface area contributed by atoms with E-state index < -0.39 is 5.54 Å². The van der Waals surface area contributed by atoms with Gasteiger partial charge in [-0.2, -0.15) is 5.10 Å². The van der Waals surface area contributed by atoms with Gasteiger partial charge in [0.25, 0.3) is 11.5 Å². The van der Waals surface area contributed by atoms with Gasteiger partial charge in [0.05, 0.1) is 10.7 Å². The number of thiophene rings is 1. The molecular weight excluding hydrogens is 364 g/mol. The smallest absolute Gasteiger partial charge is 0.285 e. The van der Waals surface area contributed by atoms with Gasteiger partial charge in [-0.3, -0.25) is 14.9 Å². The maximum atomic E-state index is 13.2. The Morgan fingerprint density at radius 3 is 2.67 bits per heavy atom. The number of anilines is 2. The lowest BCUT2D eigenvalue weighted by atomic mass is 10.2. The van der Waals surface area contributed by atoms with E-state index in [2.05, 4.69) is 25.7 Å². The minimum atomic E-state index is -0.947. The number of hydrogen-bond donors (Lipinski definition) is 2. The minimum absolute atomic E-state index is 0.206. The second-order valence-electron chi connectivity index (χ2n) is 7.04. The molecule has 0 bridgehead atoms. The van der Waals surface area contributed by atoms with Crippen molar-refractivity contribution < 1.29 is 4.79 Å². The highest BCUT2D eigenvalue weighted by Crippen LogP contribution is 2.47. The summed E-state index contributed by atoms with van der Waals surface area (Å²) in [5.74, 6) is 0.323. The average Bonchev–Trinajstić information content (AvgIpc) is 3.60. The Morgan fingerprint density at radius 1 is 1.30 bits per heavy atom. The predicted octanol–water partition coefficient (Wildman–Crippen LogP) is 2.29. The first kappa shape index (κ1) is 16.4. The molecule has 0 aliphatic heterocycles. The quantitative estimate of drug-likeness (QED) is 0.702. The van der Waals surface area contributed by atoms with Crippen LogP contribution < -0.4 is 16.2 Å². The van der Waals surface area contributed by atoms with Crippen LogP contribution in [0.3, 0.4) is 0 Å². The molecule has 3 aromatic heterocycles. The van der Waals surface area contributed by atoms with Crippen LogP contribution in [-0.4, -0.2) is 32.7 Å². The summed E-state index contributed by atoms with van der Waals surface area (Å²) in [5.41, 5.74) is -0.224. The third-order valence-electron chi connectivity index (χ3n) is 5.16. The number of amides is 1. The predicted molar refractivity (Wildman–Crippen MR) is 103 cm³/mol. The van der Waals surface area contributed by atoms with Crippen molar-refractivity contribution in [1.29, 1.82) is 0 Å². The topological polar surface area (TPSA) is 102 Å². The van der Waals surface area contributed by atoms with Crippen molar-refractivity contribution >= 4 is 38.3 Å². The van der Waals surface area contributed by atoms with E-state index in [1.54, 1.807) is 18.5 Å². The Bertz CT molecular complexity index is 1100. The highest BCUT2D eigenvalue weighted by atomic mass is 32.1. The van der Waals surface area contributed by atoms with Crippen molar-refractivity contribution in [2.75, 3.05) is 17.7 Å². The molecular formula is C18H18N6O2S. The number of nitrogens with zero attached hydrogens (tertiary/aromatic N) is 4. The second-order valence-corrected chi connectivity index (χ2v) is 8.09. The number of rotatable bonds is 5. The molecule has 0 unspecified atom stereocenters. The van der Waals surface area contributed by atoms with Crippen LogP contribution in [0.15, 0.2) is 29.3 Å². The number of aromatic nitrogens is 4. The summed E-state index contributed by atoms with van der Waals surface area (Å²) in [6.45, 7) is 0. The van der Waals surface area contributed by atoms with Crippen LogP contribution in [0.25, 0.3) is 10.1 Å². The van der Waals surface area contributed by atoms with Gasteiger partial charge in [0.15, 0.2) is 0 Å². The summed E-state index contributed by atoms with van der Waals surface area (Å²) >= 11 is 1.42. The lowest BCUT2D eigenvalue weighted by molar-refractivity contribution is -0.120.